The van der Waals surface area contributed by atoms with Gasteiger partial charge in [-0.3, -0.25) is 0 Å². The zero-order valence-electron chi connectivity index (χ0n) is 7.90. The monoisotopic (exact) mass is 197 g/mol. The van der Waals surface area contributed by atoms with Crippen LogP contribution in [0.4, 0.5) is 13.2 Å². The first kappa shape index (κ1) is 10.8. The van der Waals surface area contributed by atoms with Crippen molar-refractivity contribution in [2.45, 2.75) is 44.7 Å². The van der Waals surface area contributed by atoms with E-state index in [1.54, 1.807) is 13.8 Å². The van der Waals surface area contributed by atoms with Gasteiger partial charge in [-0.2, -0.15) is 13.2 Å². The van der Waals surface area contributed by atoms with Crippen molar-refractivity contribution < 1.29 is 17.9 Å². The minimum Gasteiger partial charge on any atom is -0.360 e. The van der Waals surface area contributed by atoms with Gasteiger partial charge < -0.3 is 10.1 Å². The summed E-state index contributed by atoms with van der Waals surface area (Å²) in [6.45, 7) is 4.34. The van der Waals surface area contributed by atoms with Gasteiger partial charge in [0.25, 0.3) is 0 Å². The van der Waals surface area contributed by atoms with Crippen molar-refractivity contribution in [3.63, 3.8) is 0 Å². The molecule has 0 aliphatic carbocycles. The average molecular weight is 197 g/mol. The lowest BCUT2D eigenvalue weighted by Gasteiger charge is -2.42. The Hall–Kier alpha value is -0.290. The first-order chi connectivity index (χ1) is 5.76. The smallest absolute Gasteiger partial charge is 0.360 e. The van der Waals surface area contributed by atoms with E-state index in [4.69, 9.17) is 4.74 Å². The largest absolute Gasteiger partial charge is 0.418 e. The van der Waals surface area contributed by atoms with Gasteiger partial charge in [0.1, 0.15) is 0 Å². The van der Waals surface area contributed by atoms with Gasteiger partial charge in [0, 0.05) is 12.6 Å². The molecule has 0 bridgehead atoms. The van der Waals surface area contributed by atoms with E-state index in [1.165, 1.54) is 0 Å². The summed E-state index contributed by atoms with van der Waals surface area (Å²) in [6.07, 6.45) is -4.73. The minimum absolute atomic E-state index is 0.0320. The molecule has 1 heterocycles. The third kappa shape index (κ3) is 1.96. The number of ether oxygens (including phenoxy) is 1. The van der Waals surface area contributed by atoms with E-state index in [2.05, 4.69) is 5.32 Å². The predicted octanol–water partition coefficient (Wildman–Crippen LogP) is 1.70. The molecule has 2 nitrogen and oxygen atoms in total. The van der Waals surface area contributed by atoms with Crippen molar-refractivity contribution in [3.05, 3.63) is 0 Å². The Morgan fingerprint density at radius 2 is 1.92 bits per heavy atom. The summed E-state index contributed by atoms with van der Waals surface area (Å²) in [5.74, 6) is 0. The summed E-state index contributed by atoms with van der Waals surface area (Å²) in [7, 11) is 0. The standard InChI is InChI=1S/C8H14F3NO/c1-5-6(2)13-7(3,4-12-5)8(9,10)11/h5-6,12H,4H2,1-3H3. The zero-order valence-corrected chi connectivity index (χ0v) is 7.90. The van der Waals surface area contributed by atoms with Crippen LogP contribution in [-0.4, -0.2) is 30.5 Å². The van der Waals surface area contributed by atoms with Crippen LogP contribution in [0.25, 0.3) is 0 Å². The molecule has 0 amide bonds. The molecule has 1 N–H and O–H groups in total. The quantitative estimate of drug-likeness (QED) is 0.638. The number of alkyl halides is 3. The molecule has 0 aromatic carbocycles. The van der Waals surface area contributed by atoms with Crippen molar-refractivity contribution in [2.24, 2.45) is 0 Å². The van der Waals surface area contributed by atoms with E-state index < -0.39 is 17.9 Å². The summed E-state index contributed by atoms with van der Waals surface area (Å²) >= 11 is 0. The highest BCUT2D eigenvalue weighted by Crippen LogP contribution is 2.36. The topological polar surface area (TPSA) is 21.3 Å². The van der Waals surface area contributed by atoms with E-state index in [9.17, 15) is 13.2 Å². The fourth-order valence-corrected chi connectivity index (χ4v) is 1.24. The van der Waals surface area contributed by atoms with E-state index in [-0.39, 0.29) is 12.6 Å². The summed E-state index contributed by atoms with van der Waals surface area (Å²) < 4.78 is 42.3. The number of nitrogens with one attached hydrogen (secondary N) is 1. The molecule has 78 valence electrons. The van der Waals surface area contributed by atoms with Gasteiger partial charge in [-0.25, -0.2) is 0 Å². The Kier molecular flexibility index (Phi) is 2.60. The molecule has 13 heavy (non-hydrogen) atoms. The molecule has 5 heteroatoms. The van der Waals surface area contributed by atoms with E-state index >= 15 is 0 Å². The highest BCUT2D eigenvalue weighted by molar-refractivity contribution is 4.93. The first-order valence-corrected chi connectivity index (χ1v) is 4.24. The molecule has 1 fully saturated rings. The lowest BCUT2D eigenvalue weighted by atomic mass is 10.0. The van der Waals surface area contributed by atoms with Crippen LogP contribution in [0.3, 0.4) is 0 Å². The Balaban J connectivity index is 2.73. The van der Waals surface area contributed by atoms with Gasteiger partial charge in [0.05, 0.1) is 6.10 Å². The molecule has 0 spiro atoms. The fraction of sp³-hybridized carbons (Fsp3) is 1.00. The summed E-state index contributed by atoms with van der Waals surface area (Å²) in [4.78, 5) is 0. The maximum absolute atomic E-state index is 12.5. The van der Waals surface area contributed by atoms with Crippen LogP contribution >= 0.6 is 0 Å². The van der Waals surface area contributed by atoms with Gasteiger partial charge in [-0.1, -0.05) is 0 Å². The number of hydrogen-bond donors (Lipinski definition) is 1. The van der Waals surface area contributed by atoms with Crippen molar-refractivity contribution in [1.29, 1.82) is 0 Å². The second kappa shape index (κ2) is 3.13. The lowest BCUT2D eigenvalue weighted by molar-refractivity contribution is -0.293. The lowest BCUT2D eigenvalue weighted by Crippen LogP contribution is -2.62. The van der Waals surface area contributed by atoms with Crippen molar-refractivity contribution in [2.75, 3.05) is 6.54 Å². The molecule has 0 aromatic heterocycles. The highest BCUT2D eigenvalue weighted by atomic mass is 19.4. The zero-order chi connectivity index (χ0) is 10.3. The molecule has 1 aliphatic heterocycles. The predicted molar refractivity (Wildman–Crippen MR) is 42.5 cm³/mol. The second-order valence-electron chi connectivity index (χ2n) is 3.72. The molecule has 0 saturated carbocycles. The molecule has 1 aliphatic rings. The van der Waals surface area contributed by atoms with Crippen molar-refractivity contribution in [1.82, 2.24) is 5.32 Å². The number of rotatable bonds is 0. The van der Waals surface area contributed by atoms with E-state index in [0.717, 1.165) is 6.92 Å². The molecule has 0 radical (unpaired) electrons. The second-order valence-corrected chi connectivity index (χ2v) is 3.72. The van der Waals surface area contributed by atoms with E-state index in [1.807, 2.05) is 0 Å². The van der Waals surface area contributed by atoms with Crippen LogP contribution in [-0.2, 0) is 4.74 Å². The minimum atomic E-state index is -4.31. The van der Waals surface area contributed by atoms with Crippen LogP contribution in [0, 0.1) is 0 Å². The van der Waals surface area contributed by atoms with Gasteiger partial charge in [-0.15, -0.1) is 0 Å². The fourth-order valence-electron chi connectivity index (χ4n) is 1.24. The van der Waals surface area contributed by atoms with Crippen molar-refractivity contribution >= 4 is 0 Å². The average Bonchev–Trinajstić information content (AvgIpc) is 1.95. The Morgan fingerprint density at radius 3 is 2.31 bits per heavy atom. The van der Waals surface area contributed by atoms with Gasteiger partial charge in [0.15, 0.2) is 5.60 Å². The van der Waals surface area contributed by atoms with Crippen LogP contribution in [0.1, 0.15) is 20.8 Å². The molecule has 1 saturated heterocycles. The summed E-state index contributed by atoms with van der Waals surface area (Å²) in [5.41, 5.74) is -2.04. The normalized spacial score (nSPS) is 42.0. The van der Waals surface area contributed by atoms with Gasteiger partial charge >= 0.3 is 6.18 Å². The van der Waals surface area contributed by atoms with Crippen LogP contribution in [0.2, 0.25) is 0 Å². The molecule has 3 atom stereocenters. The number of halogens is 3. The SMILES string of the molecule is CC1NCC(C)(C(F)(F)F)OC1C. The molecule has 1 rings (SSSR count). The molecule has 0 aromatic rings. The van der Waals surface area contributed by atoms with Crippen LogP contribution in [0.15, 0.2) is 0 Å². The van der Waals surface area contributed by atoms with Crippen molar-refractivity contribution in [3.8, 4) is 0 Å². The number of morpholine rings is 1. The number of hydrogen-bond acceptors (Lipinski definition) is 2. The van der Waals surface area contributed by atoms with Crippen LogP contribution < -0.4 is 5.32 Å². The van der Waals surface area contributed by atoms with E-state index in [0.29, 0.717) is 0 Å². The highest BCUT2D eigenvalue weighted by Gasteiger charge is 2.55. The Morgan fingerprint density at radius 1 is 1.38 bits per heavy atom. The van der Waals surface area contributed by atoms with Crippen LogP contribution in [0.5, 0.6) is 0 Å². The first-order valence-electron chi connectivity index (χ1n) is 4.24. The Bertz CT molecular complexity index is 194. The van der Waals surface area contributed by atoms with Gasteiger partial charge in [0.2, 0.25) is 0 Å². The van der Waals surface area contributed by atoms with Gasteiger partial charge in [-0.05, 0) is 20.8 Å². The Labute approximate surface area is 75.4 Å². The summed E-state index contributed by atoms with van der Waals surface area (Å²) in [6, 6.07) is -0.0320. The summed E-state index contributed by atoms with van der Waals surface area (Å²) in [5, 5.41) is 2.78. The molecular weight excluding hydrogens is 183 g/mol. The molecule has 3 unspecified atom stereocenters. The third-order valence-corrected chi connectivity index (χ3v) is 2.51. The maximum Gasteiger partial charge on any atom is 0.418 e. The maximum atomic E-state index is 12.5. The molecular formula is C8H14F3NO. The third-order valence-electron chi connectivity index (χ3n) is 2.51.